The van der Waals surface area contributed by atoms with Gasteiger partial charge in [0.15, 0.2) is 23.1 Å². The summed E-state index contributed by atoms with van der Waals surface area (Å²) in [4.78, 5) is 48.4. The Morgan fingerprint density at radius 2 is 1.71 bits per heavy atom. The van der Waals surface area contributed by atoms with Crippen LogP contribution < -0.4 is 16.1 Å². The minimum atomic E-state index is -2.15. The number of benzene rings is 1. The number of allylic oxidation sites excluding steroid dienone is 4. The summed E-state index contributed by atoms with van der Waals surface area (Å²) >= 11 is 26.3. The molecule has 0 saturated heterocycles. The van der Waals surface area contributed by atoms with Gasteiger partial charge in [0, 0.05) is 19.4 Å². The van der Waals surface area contributed by atoms with Crippen molar-refractivity contribution in [1.29, 1.82) is 0 Å². The van der Waals surface area contributed by atoms with E-state index in [4.69, 9.17) is 51.1 Å². The van der Waals surface area contributed by atoms with Crippen molar-refractivity contribution in [3.05, 3.63) is 66.4 Å². The normalized spacial score (nSPS) is 29.9. The van der Waals surface area contributed by atoms with Crippen LogP contribution in [0.1, 0.15) is 23.9 Å². The number of hydrogen-bond acceptors (Lipinski definition) is 6. The molecule has 2 aromatic rings. The molecule has 13 heteroatoms. The number of fused-ring (bicyclic) bond motifs is 4. The van der Waals surface area contributed by atoms with Gasteiger partial charge in [0.05, 0.1) is 19.7 Å². The number of phenols is 1. The van der Waals surface area contributed by atoms with Gasteiger partial charge in [-0.15, -0.1) is 23.2 Å². The lowest BCUT2D eigenvalue weighted by Crippen LogP contribution is -2.67. The number of nitrogens with zero attached hydrogens (tertiary/aromatic N) is 3. The van der Waals surface area contributed by atoms with Crippen molar-refractivity contribution in [3.8, 4) is 11.5 Å². The molecule has 1 N–H and O–H groups in total. The van der Waals surface area contributed by atoms with E-state index in [0.29, 0.717) is 11.1 Å². The van der Waals surface area contributed by atoms with Gasteiger partial charge in [-0.3, -0.25) is 9.59 Å². The Bertz CT molecular complexity index is 1520. The van der Waals surface area contributed by atoms with Gasteiger partial charge in [0.1, 0.15) is 19.8 Å². The lowest BCUT2D eigenvalue weighted by atomic mass is 9.59. The van der Waals surface area contributed by atoms with Crippen molar-refractivity contribution in [2.24, 2.45) is 7.05 Å². The predicted octanol–water partition coefficient (Wildman–Crippen LogP) is 2.53. The fraction of sp³-hybridized carbons (Fsp3) is 0.364. The first-order valence-electron chi connectivity index (χ1n) is 10.4. The van der Waals surface area contributed by atoms with Gasteiger partial charge < -0.3 is 9.84 Å². The Labute approximate surface area is 217 Å². The second-order valence-corrected chi connectivity index (χ2v) is 10.6. The molecule has 1 saturated carbocycles. The molecule has 184 valence electrons. The summed E-state index contributed by atoms with van der Waals surface area (Å²) in [5.74, 6) is -2.93. The van der Waals surface area contributed by atoms with Crippen molar-refractivity contribution in [3.63, 3.8) is 0 Å². The van der Waals surface area contributed by atoms with Crippen LogP contribution >= 0.6 is 46.4 Å². The summed E-state index contributed by atoms with van der Waals surface area (Å²) in [6.45, 7) is 0.00804. The number of Topliss-reactive ketones (excluding diaryl/α,β-unsaturated/α-hetero) is 2. The highest BCUT2D eigenvalue weighted by Crippen LogP contribution is 2.63. The van der Waals surface area contributed by atoms with Crippen molar-refractivity contribution >= 4 is 58.0 Å². The van der Waals surface area contributed by atoms with E-state index < -0.39 is 54.7 Å². The number of carbonyl (C=O) groups excluding carboxylic acids is 2. The Morgan fingerprint density at radius 3 is 2.34 bits per heavy atom. The highest BCUT2D eigenvalue weighted by molar-refractivity contribution is 6.66. The average molecular weight is 561 g/mol. The number of phenolic OH excluding ortho intramolecular Hbond substituents is 1. The molecule has 1 aromatic heterocycles. The number of aromatic nitrogens is 3. The Morgan fingerprint density at radius 1 is 1.06 bits per heavy atom. The second kappa shape index (κ2) is 7.77. The summed E-state index contributed by atoms with van der Waals surface area (Å²) in [6, 6.07) is 3.46. The third-order valence-electron chi connectivity index (χ3n) is 7.03. The molecule has 3 aliphatic rings. The van der Waals surface area contributed by atoms with Crippen molar-refractivity contribution in [1.82, 2.24) is 13.9 Å². The van der Waals surface area contributed by atoms with Crippen LogP contribution in [0.4, 0.5) is 0 Å². The molecule has 1 aliphatic heterocycles. The van der Waals surface area contributed by atoms with Crippen LogP contribution in [0, 0.1) is 0 Å². The molecule has 4 atom stereocenters. The van der Waals surface area contributed by atoms with E-state index in [1.807, 2.05) is 0 Å². The number of alkyl halides is 2. The second-order valence-electron chi connectivity index (χ2n) is 8.64. The lowest BCUT2D eigenvalue weighted by molar-refractivity contribution is -0.128. The van der Waals surface area contributed by atoms with Crippen molar-refractivity contribution in [2.45, 2.75) is 34.7 Å². The maximum atomic E-state index is 13.6. The average Bonchev–Trinajstić information content (AvgIpc) is 3.06. The molecule has 5 rings (SSSR count). The Kier molecular flexibility index (Phi) is 5.38. The van der Waals surface area contributed by atoms with Gasteiger partial charge in [0.2, 0.25) is 0 Å². The number of carbonyl (C=O) groups is 2. The molecular weight excluding hydrogens is 544 g/mol. The molecule has 2 heterocycles. The maximum absolute atomic E-state index is 13.6. The number of ether oxygens (including phenoxy) is 1. The van der Waals surface area contributed by atoms with E-state index in [-0.39, 0.29) is 24.5 Å². The zero-order valence-electron chi connectivity index (χ0n) is 18.2. The molecule has 1 aromatic carbocycles. The summed E-state index contributed by atoms with van der Waals surface area (Å²) < 4.78 is 8.48. The first-order valence-corrected chi connectivity index (χ1v) is 11.9. The SMILES string of the molecule is COc1ccc([C@H]2C3=CCn4c(=O)n(C)c(=O)n4[C@@H]3C[C@@]3(Cl)C(=O)C(Cl)=C(Cl)C(=O)[C@@]23Cl)cc1O. The topological polar surface area (TPSA) is 113 Å². The third kappa shape index (κ3) is 2.89. The summed E-state index contributed by atoms with van der Waals surface area (Å²) in [6.07, 6.45) is 1.36. The lowest BCUT2D eigenvalue weighted by Gasteiger charge is -2.54. The largest absolute Gasteiger partial charge is 0.504 e. The van der Waals surface area contributed by atoms with Crippen LogP contribution in [0.25, 0.3) is 0 Å². The van der Waals surface area contributed by atoms with Gasteiger partial charge >= 0.3 is 11.4 Å². The minimum Gasteiger partial charge on any atom is -0.504 e. The van der Waals surface area contributed by atoms with Crippen LogP contribution in [0.3, 0.4) is 0 Å². The fourth-order valence-corrected chi connectivity index (χ4v) is 6.86. The standard InChI is InChI=1S/C22H17Cl4N3O6/c1-27-19(33)28-6-5-10-11(29(28)20(27)34)8-21(25)17(31)15(23)16(24)18(32)22(21,26)14(10)9-3-4-13(35-2)12(30)7-9/h3-5,7,11,14,30H,6,8H2,1-2H3/t11-,14+,21-,22+/m1/s1. The highest BCUT2D eigenvalue weighted by Gasteiger charge is 2.71. The van der Waals surface area contributed by atoms with Crippen LogP contribution in [0.15, 0.2) is 49.5 Å². The molecule has 35 heavy (non-hydrogen) atoms. The van der Waals surface area contributed by atoms with Gasteiger partial charge in [-0.05, 0) is 23.3 Å². The van der Waals surface area contributed by atoms with Crippen LogP contribution in [-0.2, 0) is 23.2 Å². The quantitative estimate of drug-likeness (QED) is 0.446. The molecule has 9 nitrogen and oxygen atoms in total. The van der Waals surface area contributed by atoms with E-state index >= 15 is 0 Å². The highest BCUT2D eigenvalue weighted by atomic mass is 35.5. The van der Waals surface area contributed by atoms with Crippen LogP contribution in [-0.4, -0.2) is 47.5 Å². The smallest absolute Gasteiger partial charge is 0.347 e. The molecule has 0 spiro atoms. The van der Waals surface area contributed by atoms with Crippen LogP contribution in [0.2, 0.25) is 0 Å². The van der Waals surface area contributed by atoms with Gasteiger partial charge in [-0.2, -0.15) is 0 Å². The number of halogens is 4. The summed E-state index contributed by atoms with van der Waals surface area (Å²) in [5.41, 5.74) is -0.388. The predicted molar refractivity (Wildman–Crippen MR) is 129 cm³/mol. The van der Waals surface area contributed by atoms with Gasteiger partial charge in [-0.1, -0.05) is 35.3 Å². The molecular formula is C22H17Cl4N3O6. The monoisotopic (exact) mass is 559 g/mol. The number of methoxy groups -OCH3 is 1. The molecule has 0 radical (unpaired) electrons. The van der Waals surface area contributed by atoms with E-state index in [2.05, 4.69) is 0 Å². The van der Waals surface area contributed by atoms with Crippen molar-refractivity contribution in [2.75, 3.05) is 7.11 Å². The summed E-state index contributed by atoms with van der Waals surface area (Å²) in [5, 5.41) is 9.38. The van der Waals surface area contributed by atoms with E-state index in [1.165, 1.54) is 35.7 Å². The third-order valence-corrected chi connectivity index (χ3v) is 9.28. The number of aromatic hydroxyl groups is 1. The molecule has 0 bridgehead atoms. The zero-order valence-corrected chi connectivity index (χ0v) is 21.2. The van der Waals surface area contributed by atoms with E-state index in [0.717, 1.165) is 4.57 Å². The molecule has 2 aliphatic carbocycles. The fourth-order valence-electron chi connectivity index (χ4n) is 5.34. The summed E-state index contributed by atoms with van der Waals surface area (Å²) in [7, 11) is 2.71. The number of hydrogen-bond donors (Lipinski definition) is 1. The zero-order chi connectivity index (χ0) is 25.6. The molecule has 0 unspecified atom stereocenters. The van der Waals surface area contributed by atoms with Gasteiger partial charge in [-0.25, -0.2) is 23.5 Å². The van der Waals surface area contributed by atoms with Gasteiger partial charge in [0.25, 0.3) is 0 Å². The van der Waals surface area contributed by atoms with Crippen LogP contribution in [0.5, 0.6) is 11.5 Å². The number of ketones is 2. The Balaban J connectivity index is 1.85. The molecule has 1 fully saturated rings. The molecule has 0 amide bonds. The minimum absolute atomic E-state index is 0.00804. The van der Waals surface area contributed by atoms with E-state index in [1.54, 1.807) is 12.1 Å². The Hall–Kier alpha value is -2.46. The van der Waals surface area contributed by atoms with E-state index in [9.17, 15) is 24.3 Å². The first-order chi connectivity index (χ1) is 16.4. The first kappa shape index (κ1) is 24.2. The maximum Gasteiger partial charge on any atom is 0.347 e. The van der Waals surface area contributed by atoms with Crippen molar-refractivity contribution < 1.29 is 19.4 Å². The number of rotatable bonds is 2.